The van der Waals surface area contributed by atoms with Crippen molar-refractivity contribution in [2.75, 3.05) is 6.54 Å². The first-order valence-electron chi connectivity index (χ1n) is 8.07. The standard InChI is InChI=1S/C16H25F3N2O4/c1-8(2)9-6-10(13(23)24)21(7-9)12(22)11(15(3,4)5)20-14(25)16(17,18)19/h8-11H,6-7H2,1-5H3,(H,20,25)(H,23,24)/t9-,10-,11+/m0/s1. The molecule has 1 aliphatic heterocycles. The van der Waals surface area contributed by atoms with E-state index in [1.165, 1.54) is 20.8 Å². The SMILES string of the molecule is CC(C)[C@H]1C[C@@H](C(=O)O)N(C(=O)[C@@H](NC(=O)C(F)(F)F)C(C)(C)C)C1. The number of carboxylic acid groups (broad SMARTS) is 1. The van der Waals surface area contributed by atoms with Crippen molar-refractivity contribution in [2.24, 2.45) is 17.3 Å². The van der Waals surface area contributed by atoms with Gasteiger partial charge in [0.15, 0.2) is 0 Å². The zero-order valence-corrected chi connectivity index (χ0v) is 15.0. The van der Waals surface area contributed by atoms with Crippen LogP contribution < -0.4 is 5.32 Å². The number of aliphatic carboxylic acids is 1. The van der Waals surface area contributed by atoms with Crippen LogP contribution in [0.3, 0.4) is 0 Å². The molecule has 0 unspecified atom stereocenters. The summed E-state index contributed by atoms with van der Waals surface area (Å²) in [6.07, 6.45) is -4.88. The van der Waals surface area contributed by atoms with Crippen molar-refractivity contribution in [2.45, 2.75) is 59.3 Å². The van der Waals surface area contributed by atoms with Crippen LogP contribution in [0.15, 0.2) is 0 Å². The first-order chi connectivity index (χ1) is 11.2. The highest BCUT2D eigenvalue weighted by atomic mass is 19.4. The van der Waals surface area contributed by atoms with Crippen molar-refractivity contribution in [3.8, 4) is 0 Å². The van der Waals surface area contributed by atoms with E-state index in [1.807, 2.05) is 13.8 Å². The van der Waals surface area contributed by atoms with Gasteiger partial charge in [-0.2, -0.15) is 13.2 Å². The molecule has 144 valence electrons. The van der Waals surface area contributed by atoms with Gasteiger partial charge in [-0.3, -0.25) is 9.59 Å². The van der Waals surface area contributed by atoms with Crippen LogP contribution in [-0.4, -0.2) is 52.6 Å². The minimum Gasteiger partial charge on any atom is -0.480 e. The monoisotopic (exact) mass is 366 g/mol. The third-order valence-corrected chi connectivity index (χ3v) is 4.49. The molecule has 0 saturated carbocycles. The second kappa shape index (κ2) is 7.21. The lowest BCUT2D eigenvalue weighted by Gasteiger charge is -2.35. The normalized spacial score (nSPS) is 22.8. The highest BCUT2D eigenvalue weighted by Crippen LogP contribution is 2.32. The largest absolute Gasteiger partial charge is 0.480 e. The smallest absolute Gasteiger partial charge is 0.471 e. The van der Waals surface area contributed by atoms with E-state index in [0.29, 0.717) is 0 Å². The number of amides is 2. The van der Waals surface area contributed by atoms with E-state index in [1.54, 1.807) is 5.32 Å². The Morgan fingerprint density at radius 3 is 2.04 bits per heavy atom. The van der Waals surface area contributed by atoms with Crippen LogP contribution >= 0.6 is 0 Å². The molecule has 0 bridgehead atoms. The molecule has 0 aromatic carbocycles. The molecule has 2 N–H and O–H groups in total. The lowest BCUT2D eigenvalue weighted by Crippen LogP contribution is -2.58. The Hall–Kier alpha value is -1.80. The number of carboxylic acids is 1. The van der Waals surface area contributed by atoms with E-state index < -0.39 is 41.5 Å². The molecular weight excluding hydrogens is 341 g/mol. The number of carbonyl (C=O) groups excluding carboxylic acids is 2. The Kier molecular flexibility index (Phi) is 6.13. The van der Waals surface area contributed by atoms with Gasteiger partial charge >= 0.3 is 18.1 Å². The van der Waals surface area contributed by atoms with Gasteiger partial charge in [0.05, 0.1) is 0 Å². The van der Waals surface area contributed by atoms with Crippen molar-refractivity contribution in [3.63, 3.8) is 0 Å². The fourth-order valence-electron chi connectivity index (χ4n) is 2.86. The van der Waals surface area contributed by atoms with Gasteiger partial charge in [-0.25, -0.2) is 4.79 Å². The average Bonchev–Trinajstić information content (AvgIpc) is 2.86. The van der Waals surface area contributed by atoms with Crippen molar-refractivity contribution in [1.82, 2.24) is 10.2 Å². The average molecular weight is 366 g/mol. The van der Waals surface area contributed by atoms with Crippen LogP contribution in [0.1, 0.15) is 41.0 Å². The fourth-order valence-corrected chi connectivity index (χ4v) is 2.86. The van der Waals surface area contributed by atoms with Crippen molar-refractivity contribution in [1.29, 1.82) is 0 Å². The number of alkyl halides is 3. The lowest BCUT2D eigenvalue weighted by molar-refractivity contribution is -0.176. The molecule has 0 spiro atoms. The van der Waals surface area contributed by atoms with Crippen LogP contribution in [0.25, 0.3) is 0 Å². The maximum atomic E-state index is 12.8. The number of nitrogens with one attached hydrogen (secondary N) is 1. The van der Waals surface area contributed by atoms with Crippen LogP contribution in [0.5, 0.6) is 0 Å². The molecule has 3 atom stereocenters. The maximum absolute atomic E-state index is 12.8. The lowest BCUT2D eigenvalue weighted by atomic mass is 9.85. The summed E-state index contributed by atoms with van der Waals surface area (Å²) in [7, 11) is 0. The summed E-state index contributed by atoms with van der Waals surface area (Å²) >= 11 is 0. The van der Waals surface area contributed by atoms with Gasteiger partial charge in [-0.15, -0.1) is 0 Å². The molecule has 9 heteroatoms. The predicted octanol–water partition coefficient (Wildman–Crippen LogP) is 2.04. The Bertz CT molecular complexity index is 540. The van der Waals surface area contributed by atoms with Crippen LogP contribution in [0.4, 0.5) is 13.2 Å². The number of rotatable bonds is 4. The Morgan fingerprint density at radius 1 is 1.16 bits per heavy atom. The topological polar surface area (TPSA) is 86.7 Å². The Labute approximate surface area is 144 Å². The van der Waals surface area contributed by atoms with Crippen LogP contribution in [0.2, 0.25) is 0 Å². The Morgan fingerprint density at radius 2 is 1.68 bits per heavy atom. The molecule has 0 aromatic rings. The minimum absolute atomic E-state index is 0.0658. The molecule has 1 rings (SSSR count). The molecule has 25 heavy (non-hydrogen) atoms. The van der Waals surface area contributed by atoms with Crippen molar-refractivity contribution >= 4 is 17.8 Å². The molecular formula is C16H25F3N2O4. The molecule has 1 saturated heterocycles. The third kappa shape index (κ3) is 5.09. The Balaban J connectivity index is 3.11. The van der Waals surface area contributed by atoms with Gasteiger partial charge in [0.2, 0.25) is 5.91 Å². The minimum atomic E-state index is -5.12. The molecule has 1 fully saturated rings. The van der Waals surface area contributed by atoms with Gasteiger partial charge in [0, 0.05) is 6.54 Å². The highest BCUT2D eigenvalue weighted by molar-refractivity contribution is 5.92. The fraction of sp³-hybridized carbons (Fsp3) is 0.812. The van der Waals surface area contributed by atoms with Gasteiger partial charge in [0.25, 0.3) is 0 Å². The van der Waals surface area contributed by atoms with Gasteiger partial charge < -0.3 is 15.3 Å². The highest BCUT2D eigenvalue weighted by Gasteiger charge is 2.48. The summed E-state index contributed by atoms with van der Waals surface area (Å²) in [4.78, 5) is 36.7. The predicted molar refractivity (Wildman–Crippen MR) is 83.5 cm³/mol. The number of hydrogen-bond donors (Lipinski definition) is 2. The van der Waals surface area contributed by atoms with E-state index in [0.717, 1.165) is 4.90 Å². The van der Waals surface area contributed by atoms with E-state index >= 15 is 0 Å². The van der Waals surface area contributed by atoms with Crippen LogP contribution in [-0.2, 0) is 14.4 Å². The van der Waals surface area contributed by atoms with E-state index in [4.69, 9.17) is 0 Å². The quantitative estimate of drug-likeness (QED) is 0.797. The summed E-state index contributed by atoms with van der Waals surface area (Å²) in [6, 6.07) is -2.58. The molecule has 2 amide bonds. The van der Waals surface area contributed by atoms with E-state index in [-0.39, 0.29) is 24.8 Å². The summed E-state index contributed by atoms with van der Waals surface area (Å²) < 4.78 is 37.7. The molecule has 6 nitrogen and oxygen atoms in total. The van der Waals surface area contributed by atoms with Gasteiger partial charge in [-0.05, 0) is 23.7 Å². The third-order valence-electron chi connectivity index (χ3n) is 4.49. The van der Waals surface area contributed by atoms with E-state index in [9.17, 15) is 32.7 Å². The molecule has 1 aliphatic rings. The number of likely N-dealkylation sites (tertiary alicyclic amines) is 1. The van der Waals surface area contributed by atoms with Crippen LogP contribution in [0, 0.1) is 17.3 Å². The molecule has 0 radical (unpaired) electrons. The van der Waals surface area contributed by atoms with Crippen molar-refractivity contribution < 1.29 is 32.7 Å². The summed E-state index contributed by atoms with van der Waals surface area (Å²) in [5.41, 5.74) is -1.02. The summed E-state index contributed by atoms with van der Waals surface area (Å²) in [5.74, 6) is -4.17. The zero-order chi connectivity index (χ0) is 19.7. The first kappa shape index (κ1) is 21.2. The van der Waals surface area contributed by atoms with Crippen molar-refractivity contribution in [3.05, 3.63) is 0 Å². The second-order valence-electron chi connectivity index (χ2n) is 7.85. The maximum Gasteiger partial charge on any atom is 0.471 e. The first-order valence-corrected chi connectivity index (χ1v) is 8.07. The molecule has 0 aliphatic carbocycles. The number of carbonyl (C=O) groups is 3. The number of hydrogen-bond acceptors (Lipinski definition) is 3. The summed E-state index contributed by atoms with van der Waals surface area (Å²) in [5, 5.41) is 11.1. The molecule has 1 heterocycles. The summed E-state index contributed by atoms with van der Waals surface area (Å²) in [6.45, 7) is 8.46. The second-order valence-corrected chi connectivity index (χ2v) is 7.85. The van der Waals surface area contributed by atoms with Gasteiger partial charge in [-0.1, -0.05) is 34.6 Å². The number of halogens is 3. The zero-order valence-electron chi connectivity index (χ0n) is 15.0. The molecule has 0 aromatic heterocycles. The number of nitrogens with zero attached hydrogens (tertiary/aromatic N) is 1. The van der Waals surface area contributed by atoms with Gasteiger partial charge in [0.1, 0.15) is 12.1 Å². The van der Waals surface area contributed by atoms with E-state index in [2.05, 4.69) is 0 Å².